The maximum absolute atomic E-state index is 12.6. The standard InChI is InChI=1S/C23H20N6O2S2/c1-13-5-3-7-16-19(13)25-22(32-16)24-18(30)10-12-29-11-9-15(28-29)21(31)27-23-26-20-14(2)6-4-8-17(20)33-23/h3-9,11H,10,12H2,1-2H3,(H,24,25,30)(H,26,27,31). The van der Waals surface area contributed by atoms with Crippen LogP contribution in [0.4, 0.5) is 10.3 Å². The van der Waals surface area contributed by atoms with Crippen molar-refractivity contribution in [3.05, 3.63) is 65.5 Å². The van der Waals surface area contributed by atoms with Crippen LogP contribution in [-0.2, 0) is 11.3 Å². The number of fused-ring (bicyclic) bond motifs is 2. The molecule has 0 saturated heterocycles. The highest BCUT2D eigenvalue weighted by Crippen LogP contribution is 2.29. The summed E-state index contributed by atoms with van der Waals surface area (Å²) in [6, 6.07) is 13.5. The number of benzene rings is 2. The molecule has 2 aromatic carbocycles. The maximum atomic E-state index is 12.6. The number of para-hydroxylation sites is 2. The van der Waals surface area contributed by atoms with E-state index < -0.39 is 0 Å². The lowest BCUT2D eigenvalue weighted by atomic mass is 10.2. The molecule has 0 aliphatic rings. The fourth-order valence-electron chi connectivity index (χ4n) is 3.45. The van der Waals surface area contributed by atoms with Crippen molar-refractivity contribution in [3.8, 4) is 0 Å². The first-order valence-corrected chi connectivity index (χ1v) is 12.0. The van der Waals surface area contributed by atoms with E-state index in [1.165, 1.54) is 22.7 Å². The quantitative estimate of drug-likeness (QED) is 0.359. The number of anilines is 2. The molecule has 0 bridgehead atoms. The number of rotatable bonds is 6. The lowest BCUT2D eigenvalue weighted by molar-refractivity contribution is -0.116. The SMILES string of the molecule is Cc1cccc2sc(NC(=O)CCn3ccc(C(=O)Nc4nc5c(C)cccc5s4)n3)nc12. The molecule has 5 aromatic rings. The molecule has 0 radical (unpaired) electrons. The largest absolute Gasteiger partial charge is 0.302 e. The summed E-state index contributed by atoms with van der Waals surface area (Å²) in [6.07, 6.45) is 1.90. The highest BCUT2D eigenvalue weighted by molar-refractivity contribution is 7.22. The van der Waals surface area contributed by atoms with E-state index >= 15 is 0 Å². The van der Waals surface area contributed by atoms with Gasteiger partial charge in [0.15, 0.2) is 16.0 Å². The number of carbonyl (C=O) groups excluding carboxylic acids is 2. The topological polar surface area (TPSA) is 102 Å². The fourth-order valence-corrected chi connectivity index (χ4v) is 5.34. The molecular formula is C23H20N6O2S2. The summed E-state index contributed by atoms with van der Waals surface area (Å²) in [6.45, 7) is 4.34. The van der Waals surface area contributed by atoms with Gasteiger partial charge in [-0.2, -0.15) is 5.10 Å². The Balaban J connectivity index is 1.18. The Morgan fingerprint density at radius 2 is 1.48 bits per heavy atom. The van der Waals surface area contributed by atoms with E-state index in [9.17, 15) is 9.59 Å². The third-order valence-corrected chi connectivity index (χ3v) is 7.02. The summed E-state index contributed by atoms with van der Waals surface area (Å²) in [4.78, 5) is 33.9. The zero-order valence-electron chi connectivity index (χ0n) is 18.0. The number of amides is 2. The lowest BCUT2D eigenvalue weighted by Gasteiger charge is -2.02. The van der Waals surface area contributed by atoms with Crippen molar-refractivity contribution < 1.29 is 9.59 Å². The Hall–Kier alpha value is -3.63. The first kappa shape index (κ1) is 21.2. The Morgan fingerprint density at radius 1 is 0.879 bits per heavy atom. The predicted molar refractivity (Wildman–Crippen MR) is 132 cm³/mol. The molecule has 0 unspecified atom stereocenters. The van der Waals surface area contributed by atoms with Gasteiger partial charge in [-0.25, -0.2) is 9.97 Å². The van der Waals surface area contributed by atoms with E-state index in [-0.39, 0.29) is 23.9 Å². The van der Waals surface area contributed by atoms with Gasteiger partial charge in [0, 0.05) is 19.2 Å². The van der Waals surface area contributed by atoms with Crippen molar-refractivity contribution in [2.24, 2.45) is 0 Å². The first-order valence-electron chi connectivity index (χ1n) is 10.3. The Morgan fingerprint density at radius 3 is 2.09 bits per heavy atom. The predicted octanol–water partition coefficient (Wildman–Crippen LogP) is 5.00. The number of aromatic nitrogens is 4. The Bertz CT molecular complexity index is 1500. The second-order valence-corrected chi connectivity index (χ2v) is 9.66. The smallest absolute Gasteiger partial charge is 0.277 e. The molecule has 0 aliphatic heterocycles. The monoisotopic (exact) mass is 476 g/mol. The molecule has 5 rings (SSSR count). The average Bonchev–Trinajstić information content (AvgIpc) is 3.51. The second kappa shape index (κ2) is 8.72. The van der Waals surface area contributed by atoms with Crippen molar-refractivity contribution in [3.63, 3.8) is 0 Å². The second-order valence-electron chi connectivity index (χ2n) is 7.60. The molecule has 0 spiro atoms. The van der Waals surface area contributed by atoms with E-state index in [0.29, 0.717) is 16.8 Å². The van der Waals surface area contributed by atoms with Gasteiger partial charge in [0.25, 0.3) is 5.91 Å². The van der Waals surface area contributed by atoms with E-state index in [4.69, 9.17) is 0 Å². The number of hydrogen-bond donors (Lipinski definition) is 2. The minimum atomic E-state index is -0.334. The third kappa shape index (κ3) is 4.48. The molecule has 0 saturated carbocycles. The van der Waals surface area contributed by atoms with Crippen LogP contribution >= 0.6 is 22.7 Å². The van der Waals surface area contributed by atoms with Gasteiger partial charge in [-0.3, -0.25) is 19.6 Å². The Kier molecular flexibility index (Phi) is 5.61. The molecule has 2 amide bonds. The zero-order valence-corrected chi connectivity index (χ0v) is 19.6. The number of nitrogens with one attached hydrogen (secondary N) is 2. The summed E-state index contributed by atoms with van der Waals surface area (Å²) >= 11 is 2.87. The van der Waals surface area contributed by atoms with E-state index in [0.717, 1.165) is 31.6 Å². The van der Waals surface area contributed by atoms with E-state index in [2.05, 4.69) is 25.7 Å². The van der Waals surface area contributed by atoms with Gasteiger partial charge >= 0.3 is 0 Å². The zero-order chi connectivity index (χ0) is 22.9. The molecule has 3 aromatic heterocycles. The van der Waals surface area contributed by atoms with Crippen molar-refractivity contribution in [2.45, 2.75) is 26.8 Å². The van der Waals surface area contributed by atoms with E-state index in [1.807, 2.05) is 50.2 Å². The fraction of sp³-hybridized carbons (Fsp3) is 0.174. The first-order chi connectivity index (χ1) is 16.0. The molecule has 0 fully saturated rings. The minimum Gasteiger partial charge on any atom is -0.302 e. The summed E-state index contributed by atoms with van der Waals surface area (Å²) in [5.74, 6) is -0.488. The molecule has 2 N–H and O–H groups in total. The van der Waals surface area contributed by atoms with Crippen LogP contribution in [0, 0.1) is 13.8 Å². The van der Waals surface area contributed by atoms with Gasteiger partial charge in [0.1, 0.15) is 0 Å². The highest BCUT2D eigenvalue weighted by Gasteiger charge is 2.14. The molecule has 0 aliphatic carbocycles. The van der Waals surface area contributed by atoms with Crippen LogP contribution in [0.25, 0.3) is 20.4 Å². The van der Waals surface area contributed by atoms with Crippen molar-refractivity contribution >= 4 is 65.2 Å². The molecule has 0 atom stereocenters. The van der Waals surface area contributed by atoms with Crippen LogP contribution in [0.1, 0.15) is 28.0 Å². The number of carbonyl (C=O) groups is 2. The number of aryl methyl sites for hydroxylation is 3. The van der Waals surface area contributed by atoms with Crippen LogP contribution in [-0.4, -0.2) is 31.6 Å². The third-order valence-electron chi connectivity index (χ3n) is 5.15. The van der Waals surface area contributed by atoms with Crippen LogP contribution in [0.3, 0.4) is 0 Å². The summed E-state index contributed by atoms with van der Waals surface area (Å²) in [5.41, 5.74) is 4.20. The molecule has 33 heavy (non-hydrogen) atoms. The summed E-state index contributed by atoms with van der Waals surface area (Å²) < 4.78 is 3.64. The molecule has 10 heteroatoms. The number of thiazole rings is 2. The Labute approximate surface area is 197 Å². The van der Waals surface area contributed by atoms with Gasteiger partial charge in [-0.05, 0) is 43.2 Å². The maximum Gasteiger partial charge on any atom is 0.277 e. The minimum absolute atomic E-state index is 0.155. The van der Waals surface area contributed by atoms with Crippen molar-refractivity contribution in [1.29, 1.82) is 0 Å². The lowest BCUT2D eigenvalue weighted by Crippen LogP contribution is -2.16. The molecule has 3 heterocycles. The van der Waals surface area contributed by atoms with Crippen LogP contribution < -0.4 is 10.6 Å². The van der Waals surface area contributed by atoms with Crippen LogP contribution in [0.5, 0.6) is 0 Å². The van der Waals surface area contributed by atoms with Crippen LogP contribution in [0.15, 0.2) is 48.7 Å². The van der Waals surface area contributed by atoms with Crippen molar-refractivity contribution in [2.75, 3.05) is 10.6 Å². The summed E-state index contributed by atoms with van der Waals surface area (Å²) in [7, 11) is 0. The van der Waals surface area contributed by atoms with Gasteiger partial charge < -0.3 is 5.32 Å². The molecule has 166 valence electrons. The van der Waals surface area contributed by atoms with Gasteiger partial charge in [0.05, 0.1) is 20.4 Å². The van der Waals surface area contributed by atoms with Gasteiger partial charge in [-0.1, -0.05) is 46.9 Å². The normalized spacial score (nSPS) is 11.2. The molecule has 8 nitrogen and oxygen atoms in total. The van der Waals surface area contributed by atoms with Gasteiger partial charge in [-0.15, -0.1) is 0 Å². The average molecular weight is 477 g/mol. The number of hydrogen-bond acceptors (Lipinski definition) is 7. The highest BCUT2D eigenvalue weighted by atomic mass is 32.1. The number of nitrogens with zero attached hydrogens (tertiary/aromatic N) is 4. The van der Waals surface area contributed by atoms with Crippen LogP contribution in [0.2, 0.25) is 0 Å². The van der Waals surface area contributed by atoms with Crippen molar-refractivity contribution in [1.82, 2.24) is 19.7 Å². The van der Waals surface area contributed by atoms with Gasteiger partial charge in [0.2, 0.25) is 5.91 Å². The van der Waals surface area contributed by atoms with E-state index in [1.54, 1.807) is 16.9 Å². The summed E-state index contributed by atoms with van der Waals surface area (Å²) in [5, 5.41) is 11.1. The molecular weight excluding hydrogens is 456 g/mol.